The number of hydrogen-bond donors (Lipinski definition) is 1. The van der Waals surface area contributed by atoms with Crippen molar-refractivity contribution in [3.05, 3.63) is 82.7 Å². The Bertz CT molecular complexity index is 1210. The average molecular weight is 359 g/mol. The molecule has 5 nitrogen and oxygen atoms in total. The van der Waals surface area contributed by atoms with E-state index in [9.17, 15) is 9.59 Å². The van der Waals surface area contributed by atoms with Gasteiger partial charge in [-0.15, -0.1) is 0 Å². The van der Waals surface area contributed by atoms with Crippen LogP contribution in [0.3, 0.4) is 0 Å². The lowest BCUT2D eigenvalue weighted by atomic mass is 10.1. The van der Waals surface area contributed by atoms with Gasteiger partial charge in [-0.25, -0.2) is 4.79 Å². The van der Waals surface area contributed by atoms with E-state index in [4.69, 9.17) is 9.15 Å². The summed E-state index contributed by atoms with van der Waals surface area (Å²) in [7, 11) is 0. The Morgan fingerprint density at radius 1 is 1.00 bits per heavy atom. The fourth-order valence-electron chi connectivity index (χ4n) is 3.01. The Morgan fingerprint density at radius 2 is 1.81 bits per heavy atom. The molecule has 0 aliphatic carbocycles. The number of amides is 1. The molecule has 0 atom stereocenters. The molecule has 0 unspecified atom stereocenters. The molecule has 5 heteroatoms. The Labute approximate surface area is 155 Å². The van der Waals surface area contributed by atoms with E-state index in [1.807, 2.05) is 55.5 Å². The summed E-state index contributed by atoms with van der Waals surface area (Å²) in [6.45, 7) is 1.70. The lowest BCUT2D eigenvalue weighted by Crippen LogP contribution is -2.20. The van der Waals surface area contributed by atoms with E-state index in [1.54, 1.807) is 12.1 Å². The maximum Gasteiger partial charge on any atom is 0.336 e. The number of benzene rings is 3. The quantitative estimate of drug-likeness (QED) is 0.553. The lowest BCUT2D eigenvalue weighted by Gasteiger charge is -2.09. The topological polar surface area (TPSA) is 68.5 Å². The number of hydrogen-bond acceptors (Lipinski definition) is 4. The van der Waals surface area contributed by atoms with E-state index in [0.29, 0.717) is 17.0 Å². The molecule has 4 aromatic rings. The predicted octanol–water partition coefficient (Wildman–Crippen LogP) is 4.27. The predicted molar refractivity (Wildman–Crippen MR) is 105 cm³/mol. The van der Waals surface area contributed by atoms with Crippen LogP contribution in [0.5, 0.6) is 5.75 Å². The molecule has 1 amide bonds. The molecule has 0 radical (unpaired) electrons. The smallest absolute Gasteiger partial charge is 0.336 e. The van der Waals surface area contributed by atoms with E-state index >= 15 is 0 Å². The zero-order chi connectivity index (χ0) is 18.8. The zero-order valence-corrected chi connectivity index (χ0v) is 14.7. The maximum atomic E-state index is 12.2. The van der Waals surface area contributed by atoms with Gasteiger partial charge >= 0.3 is 5.63 Å². The molecule has 3 aromatic carbocycles. The summed E-state index contributed by atoms with van der Waals surface area (Å²) in [5.41, 5.74) is 1.57. The Hall–Kier alpha value is -3.60. The molecule has 1 aromatic heterocycles. The Morgan fingerprint density at radius 3 is 2.67 bits per heavy atom. The van der Waals surface area contributed by atoms with Crippen LogP contribution in [0.4, 0.5) is 5.69 Å². The van der Waals surface area contributed by atoms with Crippen molar-refractivity contribution in [3.63, 3.8) is 0 Å². The van der Waals surface area contributed by atoms with Crippen molar-refractivity contribution in [3.8, 4) is 5.75 Å². The van der Waals surface area contributed by atoms with Crippen molar-refractivity contribution in [2.24, 2.45) is 0 Å². The van der Waals surface area contributed by atoms with Gasteiger partial charge in [-0.05, 0) is 47.5 Å². The summed E-state index contributed by atoms with van der Waals surface area (Å²) >= 11 is 0. The molecule has 4 rings (SSSR count). The minimum Gasteiger partial charge on any atom is -0.484 e. The number of carbonyl (C=O) groups is 1. The van der Waals surface area contributed by atoms with Crippen molar-refractivity contribution in [2.75, 3.05) is 11.9 Å². The van der Waals surface area contributed by atoms with Crippen molar-refractivity contribution in [1.82, 2.24) is 0 Å². The van der Waals surface area contributed by atoms with Gasteiger partial charge in [0.05, 0.1) is 0 Å². The van der Waals surface area contributed by atoms with Crippen molar-refractivity contribution in [2.45, 2.75) is 6.92 Å². The monoisotopic (exact) mass is 359 g/mol. The van der Waals surface area contributed by atoms with Crippen molar-refractivity contribution >= 4 is 33.3 Å². The third-order valence-electron chi connectivity index (χ3n) is 4.33. The van der Waals surface area contributed by atoms with E-state index in [2.05, 4.69) is 5.32 Å². The van der Waals surface area contributed by atoms with Crippen LogP contribution in [-0.2, 0) is 4.79 Å². The molecular weight excluding hydrogens is 342 g/mol. The van der Waals surface area contributed by atoms with Gasteiger partial charge in [-0.3, -0.25) is 4.79 Å². The molecule has 0 aliphatic rings. The first-order valence-corrected chi connectivity index (χ1v) is 8.54. The number of rotatable bonds is 4. The molecule has 0 saturated carbocycles. The number of carbonyl (C=O) groups excluding carboxylic acids is 1. The van der Waals surface area contributed by atoms with Gasteiger partial charge in [-0.1, -0.05) is 30.3 Å². The highest BCUT2D eigenvalue weighted by molar-refractivity contribution is 5.95. The molecule has 27 heavy (non-hydrogen) atoms. The summed E-state index contributed by atoms with van der Waals surface area (Å²) in [6, 6.07) is 20.3. The van der Waals surface area contributed by atoms with E-state index < -0.39 is 5.63 Å². The molecule has 0 aliphatic heterocycles. The second kappa shape index (κ2) is 6.96. The van der Waals surface area contributed by atoms with Gasteiger partial charge in [0.15, 0.2) is 6.61 Å². The number of nitrogens with one attached hydrogen (secondary N) is 1. The zero-order valence-electron chi connectivity index (χ0n) is 14.7. The first-order valence-electron chi connectivity index (χ1n) is 8.54. The largest absolute Gasteiger partial charge is 0.484 e. The van der Waals surface area contributed by atoms with Crippen LogP contribution in [0.25, 0.3) is 21.7 Å². The van der Waals surface area contributed by atoms with Gasteiger partial charge in [0, 0.05) is 23.2 Å². The second-order valence-electron chi connectivity index (χ2n) is 6.31. The van der Waals surface area contributed by atoms with Crippen molar-refractivity contribution < 1.29 is 13.9 Å². The van der Waals surface area contributed by atoms with Gasteiger partial charge < -0.3 is 14.5 Å². The Balaban J connectivity index is 1.45. The number of anilines is 1. The van der Waals surface area contributed by atoms with Gasteiger partial charge in [0.2, 0.25) is 0 Å². The molecule has 134 valence electrons. The maximum absolute atomic E-state index is 12.2. The van der Waals surface area contributed by atoms with Crippen LogP contribution in [0.2, 0.25) is 0 Å². The highest BCUT2D eigenvalue weighted by Gasteiger charge is 2.07. The van der Waals surface area contributed by atoms with E-state index in [1.165, 1.54) is 6.07 Å². The summed E-state index contributed by atoms with van der Waals surface area (Å²) < 4.78 is 10.7. The molecule has 0 fully saturated rings. The first-order chi connectivity index (χ1) is 13.1. The average Bonchev–Trinajstić information content (AvgIpc) is 2.66. The van der Waals surface area contributed by atoms with Gasteiger partial charge in [0.1, 0.15) is 11.3 Å². The van der Waals surface area contributed by atoms with Crippen molar-refractivity contribution in [1.29, 1.82) is 0 Å². The fraction of sp³-hybridized carbons (Fsp3) is 0.0909. The van der Waals surface area contributed by atoms with E-state index in [-0.39, 0.29) is 12.5 Å². The molecular formula is C22H17NO4. The third kappa shape index (κ3) is 3.67. The second-order valence-corrected chi connectivity index (χ2v) is 6.31. The highest BCUT2D eigenvalue weighted by atomic mass is 16.5. The lowest BCUT2D eigenvalue weighted by molar-refractivity contribution is -0.118. The van der Waals surface area contributed by atoms with Gasteiger partial charge in [-0.2, -0.15) is 0 Å². The van der Waals surface area contributed by atoms with Crippen LogP contribution in [0, 0.1) is 6.92 Å². The highest BCUT2D eigenvalue weighted by Crippen LogP contribution is 2.22. The minimum atomic E-state index is -0.411. The van der Waals surface area contributed by atoms with E-state index in [0.717, 1.165) is 21.7 Å². The number of fused-ring (bicyclic) bond motifs is 2. The summed E-state index contributed by atoms with van der Waals surface area (Å²) in [6.07, 6.45) is 0. The number of aryl methyl sites for hydroxylation is 1. The molecule has 0 bridgehead atoms. The van der Waals surface area contributed by atoms with Crippen LogP contribution in [-0.4, -0.2) is 12.5 Å². The van der Waals surface area contributed by atoms with Gasteiger partial charge in [0.25, 0.3) is 5.91 Å². The summed E-state index contributed by atoms with van der Waals surface area (Å²) in [5.74, 6) is 0.195. The Kier molecular flexibility index (Phi) is 4.34. The molecule has 1 N–H and O–H groups in total. The molecule has 0 spiro atoms. The van der Waals surface area contributed by atoms with Crippen LogP contribution < -0.4 is 15.7 Å². The molecule has 0 saturated heterocycles. The standard InChI is InChI=1S/C22H17NO4/c1-14-10-22(25)27-20-12-18(8-9-19(14)20)26-13-21(24)23-17-7-6-15-4-2-3-5-16(15)11-17/h2-12H,13H2,1H3,(H,23,24). The normalized spacial score (nSPS) is 10.9. The SMILES string of the molecule is Cc1cc(=O)oc2cc(OCC(=O)Nc3ccc4ccccc4c3)ccc12. The van der Waals surface area contributed by atoms with Crippen LogP contribution >= 0.6 is 0 Å². The third-order valence-corrected chi connectivity index (χ3v) is 4.33. The summed E-state index contributed by atoms with van der Waals surface area (Å²) in [4.78, 5) is 23.7. The van der Waals surface area contributed by atoms with Crippen LogP contribution in [0.1, 0.15) is 5.56 Å². The van der Waals surface area contributed by atoms with Crippen LogP contribution in [0.15, 0.2) is 75.9 Å². The summed E-state index contributed by atoms with van der Waals surface area (Å²) in [5, 5.41) is 5.82. The minimum absolute atomic E-state index is 0.144. The fourth-order valence-corrected chi connectivity index (χ4v) is 3.01. The number of ether oxygens (including phenoxy) is 1. The first kappa shape index (κ1) is 16.8. The molecule has 1 heterocycles.